The zero-order valence-corrected chi connectivity index (χ0v) is 9.74. The van der Waals surface area contributed by atoms with Gasteiger partial charge >= 0.3 is 0 Å². The van der Waals surface area contributed by atoms with Gasteiger partial charge in [-0.2, -0.15) is 0 Å². The summed E-state index contributed by atoms with van der Waals surface area (Å²) in [5, 5.41) is 22.6. The average molecular weight is 258 g/mol. The minimum atomic E-state index is -0.573. The summed E-state index contributed by atoms with van der Waals surface area (Å²) in [7, 11) is 0. The van der Waals surface area contributed by atoms with E-state index in [-0.39, 0.29) is 22.7 Å². The van der Waals surface area contributed by atoms with Gasteiger partial charge in [-0.05, 0) is 18.2 Å². The number of nitrogens with zero attached hydrogens (tertiary/aromatic N) is 1. The van der Waals surface area contributed by atoms with Crippen molar-refractivity contribution in [2.75, 3.05) is 5.32 Å². The summed E-state index contributed by atoms with van der Waals surface area (Å²) in [4.78, 5) is 21.9. The largest absolute Gasteiger partial charge is 0.506 e. The maximum absolute atomic E-state index is 11.9. The van der Waals surface area contributed by atoms with Crippen LogP contribution in [0.1, 0.15) is 10.4 Å². The van der Waals surface area contributed by atoms with Crippen LogP contribution in [0, 0.1) is 10.1 Å². The van der Waals surface area contributed by atoms with E-state index >= 15 is 0 Å². The van der Waals surface area contributed by atoms with Crippen molar-refractivity contribution in [2.24, 2.45) is 0 Å². The fourth-order valence-corrected chi connectivity index (χ4v) is 1.53. The van der Waals surface area contributed by atoms with Gasteiger partial charge in [0.2, 0.25) is 0 Å². The first-order chi connectivity index (χ1) is 9.08. The number of phenolic OH excluding ortho intramolecular Hbond substituents is 1. The van der Waals surface area contributed by atoms with E-state index in [9.17, 15) is 20.0 Å². The van der Waals surface area contributed by atoms with E-state index in [1.54, 1.807) is 12.1 Å². The number of carbonyl (C=O) groups is 1. The normalized spacial score (nSPS) is 9.89. The van der Waals surface area contributed by atoms with Crippen LogP contribution in [0.2, 0.25) is 0 Å². The van der Waals surface area contributed by atoms with Gasteiger partial charge in [0.25, 0.3) is 11.6 Å². The number of hydrogen-bond donors (Lipinski definition) is 2. The number of aromatic hydroxyl groups is 1. The maximum Gasteiger partial charge on any atom is 0.270 e. The number of nitrogens with one attached hydrogen (secondary N) is 1. The summed E-state index contributed by atoms with van der Waals surface area (Å²) in [6.45, 7) is 0. The minimum Gasteiger partial charge on any atom is -0.506 e. The van der Waals surface area contributed by atoms with Crippen molar-refractivity contribution < 1.29 is 14.8 Å². The monoisotopic (exact) mass is 258 g/mol. The topological polar surface area (TPSA) is 92.5 Å². The molecule has 2 rings (SSSR count). The molecule has 0 heterocycles. The van der Waals surface area contributed by atoms with Gasteiger partial charge in [-0.1, -0.05) is 18.2 Å². The molecule has 2 aromatic carbocycles. The van der Waals surface area contributed by atoms with Gasteiger partial charge in [-0.25, -0.2) is 0 Å². The van der Waals surface area contributed by atoms with Crippen LogP contribution in [0.4, 0.5) is 11.4 Å². The highest BCUT2D eigenvalue weighted by Gasteiger charge is 2.12. The second-order valence-electron chi connectivity index (χ2n) is 3.78. The number of para-hydroxylation sites is 2. The van der Waals surface area contributed by atoms with Crippen LogP contribution in [0.25, 0.3) is 0 Å². The van der Waals surface area contributed by atoms with Crippen LogP contribution >= 0.6 is 0 Å². The summed E-state index contributed by atoms with van der Waals surface area (Å²) in [6, 6.07) is 11.6. The fraction of sp³-hybridized carbons (Fsp3) is 0. The molecular formula is C13H10N2O4. The van der Waals surface area contributed by atoms with Crippen LogP contribution in [0.15, 0.2) is 48.5 Å². The van der Waals surface area contributed by atoms with Crippen LogP contribution < -0.4 is 5.32 Å². The van der Waals surface area contributed by atoms with Crippen molar-refractivity contribution >= 4 is 17.3 Å². The Hall–Kier alpha value is -2.89. The molecule has 0 aliphatic rings. The van der Waals surface area contributed by atoms with Crippen molar-refractivity contribution in [2.45, 2.75) is 0 Å². The summed E-state index contributed by atoms with van der Waals surface area (Å²) in [6.07, 6.45) is 0. The Labute approximate surface area is 108 Å². The lowest BCUT2D eigenvalue weighted by Crippen LogP contribution is -2.12. The lowest BCUT2D eigenvalue weighted by Gasteiger charge is -2.06. The predicted molar refractivity (Wildman–Crippen MR) is 69.2 cm³/mol. The van der Waals surface area contributed by atoms with E-state index < -0.39 is 10.8 Å². The fourth-order valence-electron chi connectivity index (χ4n) is 1.53. The molecular weight excluding hydrogens is 248 g/mol. The van der Waals surface area contributed by atoms with E-state index in [4.69, 9.17) is 0 Å². The molecule has 0 aromatic heterocycles. The SMILES string of the molecule is O=C(Nc1ccccc1O)c1cccc([N+](=O)[O-])c1. The van der Waals surface area contributed by atoms with Crippen LogP contribution in [-0.2, 0) is 0 Å². The van der Waals surface area contributed by atoms with E-state index in [2.05, 4.69) is 5.32 Å². The maximum atomic E-state index is 11.9. The highest BCUT2D eigenvalue weighted by atomic mass is 16.6. The molecule has 0 bridgehead atoms. The molecule has 1 amide bonds. The third kappa shape index (κ3) is 2.86. The van der Waals surface area contributed by atoms with Crippen molar-refractivity contribution in [3.05, 3.63) is 64.2 Å². The Bertz CT molecular complexity index is 640. The number of phenols is 1. The Kier molecular flexibility index (Phi) is 3.42. The average Bonchev–Trinajstić information content (AvgIpc) is 2.41. The van der Waals surface area contributed by atoms with E-state index in [0.29, 0.717) is 0 Å². The number of anilines is 1. The van der Waals surface area contributed by atoms with Gasteiger partial charge in [0, 0.05) is 17.7 Å². The lowest BCUT2D eigenvalue weighted by molar-refractivity contribution is -0.384. The molecule has 6 nitrogen and oxygen atoms in total. The van der Waals surface area contributed by atoms with Gasteiger partial charge < -0.3 is 10.4 Å². The quantitative estimate of drug-likeness (QED) is 0.502. The van der Waals surface area contributed by atoms with E-state index in [1.807, 2.05) is 0 Å². The first-order valence-corrected chi connectivity index (χ1v) is 5.42. The zero-order chi connectivity index (χ0) is 13.8. The molecule has 0 unspecified atom stereocenters. The molecule has 0 fully saturated rings. The Morgan fingerprint density at radius 3 is 2.58 bits per heavy atom. The van der Waals surface area contributed by atoms with Gasteiger partial charge in [-0.3, -0.25) is 14.9 Å². The van der Waals surface area contributed by atoms with Crippen molar-refractivity contribution in [3.8, 4) is 5.75 Å². The Balaban J connectivity index is 2.23. The van der Waals surface area contributed by atoms with Gasteiger partial charge in [0.1, 0.15) is 5.75 Å². The summed E-state index contributed by atoms with van der Waals surface area (Å²) < 4.78 is 0. The minimum absolute atomic E-state index is 0.0683. The second-order valence-corrected chi connectivity index (χ2v) is 3.78. The first-order valence-electron chi connectivity index (χ1n) is 5.42. The standard InChI is InChI=1S/C13H10N2O4/c16-12-7-2-1-6-11(12)14-13(17)9-4-3-5-10(8-9)15(18)19/h1-8,16H,(H,14,17). The van der Waals surface area contributed by atoms with Gasteiger partial charge in [-0.15, -0.1) is 0 Å². The molecule has 0 atom stereocenters. The molecule has 96 valence electrons. The zero-order valence-electron chi connectivity index (χ0n) is 9.74. The Morgan fingerprint density at radius 2 is 1.89 bits per heavy atom. The van der Waals surface area contributed by atoms with Crippen LogP contribution in [0.3, 0.4) is 0 Å². The number of amides is 1. The highest BCUT2D eigenvalue weighted by molar-refractivity contribution is 6.05. The molecule has 0 saturated heterocycles. The summed E-state index contributed by atoms with van der Waals surface area (Å²) in [5.41, 5.74) is 0.237. The molecule has 0 saturated carbocycles. The lowest BCUT2D eigenvalue weighted by atomic mass is 10.2. The molecule has 0 aliphatic heterocycles. The number of non-ortho nitro benzene ring substituents is 1. The molecule has 6 heteroatoms. The smallest absolute Gasteiger partial charge is 0.270 e. The Morgan fingerprint density at radius 1 is 1.16 bits per heavy atom. The van der Waals surface area contributed by atoms with Crippen molar-refractivity contribution in [1.29, 1.82) is 0 Å². The first kappa shape index (κ1) is 12.6. The van der Waals surface area contributed by atoms with Crippen molar-refractivity contribution in [1.82, 2.24) is 0 Å². The highest BCUT2D eigenvalue weighted by Crippen LogP contribution is 2.22. The van der Waals surface area contributed by atoms with Gasteiger partial charge in [0.05, 0.1) is 10.6 Å². The van der Waals surface area contributed by atoms with Crippen LogP contribution in [-0.4, -0.2) is 15.9 Å². The second kappa shape index (κ2) is 5.18. The van der Waals surface area contributed by atoms with E-state index in [1.165, 1.54) is 36.4 Å². The molecule has 0 aliphatic carbocycles. The third-order valence-electron chi connectivity index (χ3n) is 2.47. The molecule has 19 heavy (non-hydrogen) atoms. The number of benzene rings is 2. The molecule has 2 aromatic rings. The number of nitro benzene ring substituents is 1. The van der Waals surface area contributed by atoms with Gasteiger partial charge in [0.15, 0.2) is 0 Å². The summed E-state index contributed by atoms with van der Waals surface area (Å²) >= 11 is 0. The predicted octanol–water partition coefficient (Wildman–Crippen LogP) is 2.55. The molecule has 0 radical (unpaired) electrons. The van der Waals surface area contributed by atoms with Crippen LogP contribution in [0.5, 0.6) is 5.75 Å². The number of carbonyl (C=O) groups excluding carboxylic acids is 1. The number of nitro groups is 1. The third-order valence-corrected chi connectivity index (χ3v) is 2.47. The van der Waals surface area contributed by atoms with E-state index in [0.717, 1.165) is 0 Å². The number of rotatable bonds is 3. The molecule has 0 spiro atoms. The number of hydrogen-bond acceptors (Lipinski definition) is 4. The molecule has 2 N–H and O–H groups in total. The summed E-state index contributed by atoms with van der Waals surface area (Å²) in [5.74, 6) is -0.591. The van der Waals surface area contributed by atoms with Crippen molar-refractivity contribution in [3.63, 3.8) is 0 Å².